The summed E-state index contributed by atoms with van der Waals surface area (Å²) in [5.74, 6) is -0.0802. The Hall–Kier alpha value is -0.0000000000000000416. The molecule has 1 fully saturated rings. The van der Waals surface area contributed by atoms with E-state index >= 15 is 0 Å². The van der Waals surface area contributed by atoms with Gasteiger partial charge in [0, 0.05) is 11.3 Å². The van der Waals surface area contributed by atoms with Crippen LogP contribution in [0.2, 0.25) is 0 Å². The van der Waals surface area contributed by atoms with Gasteiger partial charge in [-0.15, -0.1) is 0 Å². The van der Waals surface area contributed by atoms with Crippen LogP contribution in [0.4, 0.5) is 0 Å². The molecule has 1 saturated carbocycles. The molecule has 3 atom stereocenters. The van der Waals surface area contributed by atoms with Gasteiger partial charge in [-0.25, -0.2) is 9.13 Å². The number of phosphoric acid groups is 2. The maximum atomic E-state index is 11.4. The molecule has 0 bridgehead atoms. The van der Waals surface area contributed by atoms with E-state index in [4.69, 9.17) is 14.3 Å². The molecule has 0 aliphatic heterocycles. The molecule has 0 saturated heterocycles. The predicted octanol–water partition coefficient (Wildman–Crippen LogP) is 2.20. The van der Waals surface area contributed by atoms with Crippen LogP contribution in [0.1, 0.15) is 27.7 Å². The van der Waals surface area contributed by atoms with Gasteiger partial charge in [0.1, 0.15) is 0 Å². The first-order valence-electron chi connectivity index (χ1n) is 5.28. The fourth-order valence-electron chi connectivity index (χ4n) is 1.79. The lowest BCUT2D eigenvalue weighted by Gasteiger charge is -2.13. The Morgan fingerprint density at radius 1 is 1.22 bits per heavy atom. The van der Waals surface area contributed by atoms with Crippen molar-refractivity contribution in [2.24, 2.45) is 11.3 Å². The Balaban J connectivity index is 2.73. The van der Waals surface area contributed by atoms with E-state index in [-0.39, 0.29) is 11.3 Å². The van der Waals surface area contributed by atoms with E-state index in [2.05, 4.69) is 4.31 Å². The van der Waals surface area contributed by atoms with Gasteiger partial charge < -0.3 is 14.7 Å². The summed E-state index contributed by atoms with van der Waals surface area (Å²) in [6.07, 6.45) is 1.29. The molecule has 1 rings (SSSR count). The smallest absolute Gasteiger partial charge is 0.302 e. The van der Waals surface area contributed by atoms with E-state index in [0.29, 0.717) is 0 Å². The summed E-state index contributed by atoms with van der Waals surface area (Å²) < 4.78 is 30.5. The zero-order chi connectivity index (χ0) is 14.4. The van der Waals surface area contributed by atoms with Gasteiger partial charge in [-0.05, 0) is 13.8 Å². The Morgan fingerprint density at radius 3 is 2.11 bits per heavy atom. The molecule has 0 radical (unpaired) electrons. The highest BCUT2D eigenvalue weighted by atomic mass is 31.3. The lowest BCUT2D eigenvalue weighted by atomic mass is 10.1. The highest BCUT2D eigenvalue weighted by molar-refractivity contribution is 7.60. The minimum Gasteiger partial charge on any atom is -0.302 e. The quantitative estimate of drug-likeness (QED) is 0.527. The summed E-state index contributed by atoms with van der Waals surface area (Å²) in [5.41, 5.74) is 0.663. The first kappa shape index (κ1) is 16.1. The molecule has 9 heteroatoms. The van der Waals surface area contributed by atoms with Gasteiger partial charge in [0.2, 0.25) is 0 Å². The van der Waals surface area contributed by atoms with Crippen molar-refractivity contribution in [1.82, 2.24) is 0 Å². The van der Waals surface area contributed by atoms with Crippen LogP contribution in [0.5, 0.6) is 0 Å². The van der Waals surface area contributed by atoms with Crippen LogP contribution in [0.15, 0.2) is 11.6 Å². The van der Waals surface area contributed by atoms with Gasteiger partial charge in [-0.1, -0.05) is 25.5 Å². The van der Waals surface area contributed by atoms with E-state index in [9.17, 15) is 14.0 Å². The number of hydrogen-bond acceptors (Lipinski definition) is 4. The maximum Gasteiger partial charge on any atom is 0.481 e. The topological polar surface area (TPSA) is 113 Å². The monoisotopic (exact) mass is 300 g/mol. The van der Waals surface area contributed by atoms with E-state index in [1.807, 2.05) is 33.8 Å². The Kier molecular flexibility index (Phi) is 4.31. The van der Waals surface area contributed by atoms with Crippen LogP contribution in [-0.4, -0.2) is 20.8 Å². The second-order valence-corrected chi connectivity index (χ2v) is 7.94. The molecule has 7 nitrogen and oxygen atoms in total. The number of allylic oxidation sites excluding steroid dienone is 1. The molecule has 0 spiro atoms. The lowest BCUT2D eigenvalue weighted by molar-refractivity contribution is 0.155. The Morgan fingerprint density at radius 2 is 1.72 bits per heavy atom. The summed E-state index contributed by atoms with van der Waals surface area (Å²) in [4.78, 5) is 26.2. The average molecular weight is 300 g/mol. The van der Waals surface area contributed by atoms with Crippen LogP contribution < -0.4 is 0 Å². The third-order valence-electron chi connectivity index (χ3n) is 2.78. The third kappa shape index (κ3) is 4.28. The van der Waals surface area contributed by atoms with Gasteiger partial charge in [-0.2, -0.15) is 4.31 Å². The van der Waals surface area contributed by atoms with Crippen molar-refractivity contribution in [2.45, 2.75) is 33.8 Å². The van der Waals surface area contributed by atoms with Crippen LogP contribution in [0.3, 0.4) is 0 Å². The maximum absolute atomic E-state index is 11.4. The molecule has 1 aliphatic carbocycles. The molecular formula is C9H18O7P2. The van der Waals surface area contributed by atoms with Gasteiger partial charge in [-0.3, -0.25) is 4.52 Å². The normalized spacial score (nSPS) is 29.5. The van der Waals surface area contributed by atoms with Crippen molar-refractivity contribution >= 4 is 15.6 Å². The van der Waals surface area contributed by atoms with Crippen LogP contribution in [-0.2, 0) is 18.0 Å². The molecule has 106 valence electrons. The highest BCUT2D eigenvalue weighted by Gasteiger charge is 2.60. The van der Waals surface area contributed by atoms with Crippen LogP contribution in [0.25, 0.3) is 0 Å². The third-order valence-corrected chi connectivity index (χ3v) is 4.95. The summed E-state index contributed by atoms with van der Waals surface area (Å²) in [5, 5.41) is 0. The molecule has 1 aliphatic rings. The molecule has 0 amide bonds. The second kappa shape index (κ2) is 4.84. The molecule has 0 aromatic heterocycles. The summed E-state index contributed by atoms with van der Waals surface area (Å²) in [6.45, 7) is 7.44. The van der Waals surface area contributed by atoms with E-state index in [1.165, 1.54) is 0 Å². The minimum absolute atomic E-state index is 0.0802. The Bertz CT molecular complexity index is 446. The standard InChI is InChI=1S/C9H18O7P2/c1-6(2)5-7-8(9(7,3)4)15-18(13,14)16-17(10,11)12/h5,7-8H,1-4H3,(H,13,14)(H2,10,11,12). The number of hydrogen-bond donors (Lipinski definition) is 3. The van der Waals surface area contributed by atoms with Gasteiger partial charge in [0.15, 0.2) is 0 Å². The van der Waals surface area contributed by atoms with E-state index in [0.717, 1.165) is 5.57 Å². The van der Waals surface area contributed by atoms with Crippen molar-refractivity contribution in [1.29, 1.82) is 0 Å². The number of rotatable bonds is 5. The van der Waals surface area contributed by atoms with Crippen molar-refractivity contribution in [3.05, 3.63) is 11.6 Å². The molecular weight excluding hydrogens is 282 g/mol. The first-order valence-corrected chi connectivity index (χ1v) is 8.31. The van der Waals surface area contributed by atoms with Crippen LogP contribution >= 0.6 is 15.6 Å². The van der Waals surface area contributed by atoms with E-state index < -0.39 is 21.7 Å². The second-order valence-electron chi connectivity index (χ2n) is 5.16. The summed E-state index contributed by atoms with van der Waals surface area (Å²) in [7, 11) is -9.82. The Labute approximate surface area is 106 Å². The van der Waals surface area contributed by atoms with Crippen molar-refractivity contribution in [3.8, 4) is 0 Å². The average Bonchev–Trinajstić information content (AvgIpc) is 2.48. The van der Waals surface area contributed by atoms with E-state index in [1.54, 1.807) is 0 Å². The zero-order valence-corrected chi connectivity index (χ0v) is 12.4. The van der Waals surface area contributed by atoms with Gasteiger partial charge in [0.05, 0.1) is 6.10 Å². The fraction of sp³-hybridized carbons (Fsp3) is 0.778. The van der Waals surface area contributed by atoms with Crippen molar-refractivity contribution in [2.75, 3.05) is 0 Å². The number of phosphoric ester groups is 1. The largest absolute Gasteiger partial charge is 0.481 e. The lowest BCUT2D eigenvalue weighted by Crippen LogP contribution is -2.01. The molecule has 0 aromatic carbocycles. The molecule has 18 heavy (non-hydrogen) atoms. The minimum atomic E-state index is -5.06. The van der Waals surface area contributed by atoms with Gasteiger partial charge >= 0.3 is 15.6 Å². The zero-order valence-electron chi connectivity index (χ0n) is 10.6. The predicted molar refractivity (Wildman–Crippen MR) is 64.5 cm³/mol. The van der Waals surface area contributed by atoms with Crippen molar-refractivity contribution < 1.29 is 32.6 Å². The van der Waals surface area contributed by atoms with Crippen LogP contribution in [0, 0.1) is 11.3 Å². The summed E-state index contributed by atoms with van der Waals surface area (Å²) in [6, 6.07) is 0. The molecule has 0 aromatic rings. The molecule has 0 heterocycles. The fourth-order valence-corrected chi connectivity index (χ4v) is 3.71. The SMILES string of the molecule is CC(C)=CC1C(OP(=O)(O)OP(=O)(O)O)C1(C)C. The highest BCUT2D eigenvalue weighted by Crippen LogP contribution is 2.65. The summed E-state index contributed by atoms with van der Waals surface area (Å²) >= 11 is 0. The molecule has 3 N–H and O–H groups in total. The first-order chi connectivity index (χ1) is 7.85. The van der Waals surface area contributed by atoms with Gasteiger partial charge in [0.25, 0.3) is 0 Å². The molecule has 3 unspecified atom stereocenters. The van der Waals surface area contributed by atoms with Crippen molar-refractivity contribution in [3.63, 3.8) is 0 Å².